The van der Waals surface area contributed by atoms with E-state index in [1.54, 1.807) is 6.20 Å². The Kier molecular flexibility index (Phi) is 2.65. The number of hydrogen-bond donors (Lipinski definition) is 2. The van der Waals surface area contributed by atoms with Gasteiger partial charge in [-0.05, 0) is 30.5 Å². The van der Waals surface area contributed by atoms with Crippen LogP contribution in [0.4, 0.5) is 5.82 Å². The second-order valence-electron chi connectivity index (χ2n) is 2.98. The van der Waals surface area contributed by atoms with Crippen LogP contribution in [0.1, 0.15) is 30.5 Å². The highest BCUT2D eigenvalue weighted by Gasteiger charge is 2.06. The summed E-state index contributed by atoms with van der Waals surface area (Å²) in [6, 6.07) is 1.93. The maximum Gasteiger partial charge on any atom is 0.123 e. The van der Waals surface area contributed by atoms with E-state index in [1.165, 1.54) is 0 Å². The van der Waals surface area contributed by atoms with Crippen LogP contribution in [0.2, 0.25) is 0 Å². The number of nitrogens with zero attached hydrogens (tertiary/aromatic N) is 1. The summed E-state index contributed by atoms with van der Waals surface area (Å²) in [6.07, 6.45) is 2.69. The summed E-state index contributed by atoms with van der Waals surface area (Å²) >= 11 is 0. The van der Waals surface area contributed by atoms with Crippen molar-refractivity contribution in [2.24, 2.45) is 5.73 Å². The molecule has 1 aromatic rings. The first-order chi connectivity index (χ1) is 5.65. The van der Waals surface area contributed by atoms with E-state index in [1.807, 2.05) is 13.0 Å². The van der Waals surface area contributed by atoms with Crippen LogP contribution in [0.15, 0.2) is 12.3 Å². The van der Waals surface area contributed by atoms with Gasteiger partial charge in [0.15, 0.2) is 0 Å². The summed E-state index contributed by atoms with van der Waals surface area (Å²) in [5, 5.41) is 0. The minimum Gasteiger partial charge on any atom is -0.384 e. The molecule has 3 nitrogen and oxygen atoms in total. The zero-order valence-electron chi connectivity index (χ0n) is 7.54. The molecule has 12 heavy (non-hydrogen) atoms. The van der Waals surface area contributed by atoms with Crippen LogP contribution in [0, 0.1) is 6.92 Å². The van der Waals surface area contributed by atoms with Crippen LogP contribution >= 0.6 is 0 Å². The van der Waals surface area contributed by atoms with Crippen molar-refractivity contribution in [3.8, 4) is 0 Å². The van der Waals surface area contributed by atoms with Crippen LogP contribution in [0.3, 0.4) is 0 Å². The van der Waals surface area contributed by atoms with Gasteiger partial charge in [0.25, 0.3) is 0 Å². The summed E-state index contributed by atoms with van der Waals surface area (Å²) in [5.74, 6) is 0.555. The second-order valence-corrected chi connectivity index (χ2v) is 2.98. The third-order valence-electron chi connectivity index (χ3n) is 2.01. The summed E-state index contributed by atoms with van der Waals surface area (Å²) in [6.45, 7) is 4.06. The minimum absolute atomic E-state index is 0.0816. The van der Waals surface area contributed by atoms with Crippen molar-refractivity contribution in [2.75, 3.05) is 5.73 Å². The first kappa shape index (κ1) is 9.00. The molecule has 1 rings (SSSR count). The van der Waals surface area contributed by atoms with Crippen LogP contribution in [-0.4, -0.2) is 4.98 Å². The number of nitrogen functional groups attached to an aromatic ring is 1. The Labute approximate surface area is 72.8 Å². The van der Waals surface area contributed by atoms with E-state index in [9.17, 15) is 0 Å². The highest BCUT2D eigenvalue weighted by atomic mass is 14.8. The van der Waals surface area contributed by atoms with Gasteiger partial charge in [-0.2, -0.15) is 0 Å². The maximum atomic E-state index is 5.86. The van der Waals surface area contributed by atoms with E-state index in [0.29, 0.717) is 5.82 Å². The molecular weight excluding hydrogens is 150 g/mol. The Hall–Kier alpha value is -1.09. The van der Waals surface area contributed by atoms with Gasteiger partial charge in [0, 0.05) is 12.2 Å². The standard InChI is InChI=1S/C9H15N3/c1-3-8(10)7-5-12-9(11)4-6(7)2/h4-5,8H,3,10H2,1-2H3,(H2,11,12)/t8-/m0/s1. The molecule has 1 aromatic heterocycles. The molecule has 0 fully saturated rings. The molecule has 0 aliphatic carbocycles. The lowest BCUT2D eigenvalue weighted by Gasteiger charge is -2.11. The van der Waals surface area contributed by atoms with Crippen molar-refractivity contribution in [2.45, 2.75) is 26.3 Å². The number of pyridine rings is 1. The van der Waals surface area contributed by atoms with Crippen molar-refractivity contribution in [1.29, 1.82) is 0 Å². The van der Waals surface area contributed by atoms with Gasteiger partial charge in [-0.25, -0.2) is 4.98 Å². The molecule has 0 aliphatic heterocycles. The lowest BCUT2D eigenvalue weighted by atomic mass is 10.0. The van der Waals surface area contributed by atoms with Gasteiger partial charge in [0.2, 0.25) is 0 Å². The fourth-order valence-electron chi connectivity index (χ4n) is 1.20. The van der Waals surface area contributed by atoms with Crippen LogP contribution in [0.25, 0.3) is 0 Å². The van der Waals surface area contributed by atoms with Crippen molar-refractivity contribution in [3.05, 3.63) is 23.4 Å². The monoisotopic (exact) mass is 165 g/mol. The molecule has 0 aliphatic rings. The number of aromatic nitrogens is 1. The van der Waals surface area contributed by atoms with Crippen molar-refractivity contribution in [3.63, 3.8) is 0 Å². The van der Waals surface area contributed by atoms with Gasteiger partial charge in [0.05, 0.1) is 0 Å². The van der Waals surface area contributed by atoms with E-state index in [-0.39, 0.29) is 6.04 Å². The summed E-state index contributed by atoms with van der Waals surface area (Å²) in [4.78, 5) is 4.01. The summed E-state index contributed by atoms with van der Waals surface area (Å²) < 4.78 is 0. The smallest absolute Gasteiger partial charge is 0.123 e. The second kappa shape index (κ2) is 3.54. The molecule has 0 amide bonds. The predicted octanol–water partition coefficient (Wildman–Crippen LogP) is 1.38. The number of hydrogen-bond acceptors (Lipinski definition) is 3. The average Bonchev–Trinajstić information content (AvgIpc) is 2.03. The number of anilines is 1. The molecule has 4 N–H and O–H groups in total. The molecule has 0 unspecified atom stereocenters. The Morgan fingerprint density at radius 2 is 2.25 bits per heavy atom. The van der Waals surface area contributed by atoms with Gasteiger partial charge >= 0.3 is 0 Å². The summed E-state index contributed by atoms with van der Waals surface area (Å²) in [5.41, 5.74) is 13.6. The quantitative estimate of drug-likeness (QED) is 0.695. The van der Waals surface area contributed by atoms with E-state index in [4.69, 9.17) is 11.5 Å². The Bertz CT molecular complexity index is 270. The Morgan fingerprint density at radius 1 is 1.58 bits per heavy atom. The van der Waals surface area contributed by atoms with E-state index < -0.39 is 0 Å². The number of aryl methyl sites for hydroxylation is 1. The fraction of sp³-hybridized carbons (Fsp3) is 0.444. The van der Waals surface area contributed by atoms with Crippen molar-refractivity contribution < 1.29 is 0 Å². The van der Waals surface area contributed by atoms with Gasteiger partial charge in [-0.3, -0.25) is 0 Å². The fourth-order valence-corrected chi connectivity index (χ4v) is 1.20. The van der Waals surface area contributed by atoms with Crippen LogP contribution in [-0.2, 0) is 0 Å². The average molecular weight is 165 g/mol. The lowest BCUT2D eigenvalue weighted by molar-refractivity contribution is 0.690. The Morgan fingerprint density at radius 3 is 2.75 bits per heavy atom. The van der Waals surface area contributed by atoms with Gasteiger partial charge in [-0.15, -0.1) is 0 Å². The molecule has 1 atom stereocenters. The molecule has 0 bridgehead atoms. The van der Waals surface area contributed by atoms with Gasteiger partial charge < -0.3 is 11.5 Å². The van der Waals surface area contributed by atoms with Crippen molar-refractivity contribution in [1.82, 2.24) is 4.98 Å². The maximum absolute atomic E-state index is 5.86. The number of rotatable bonds is 2. The first-order valence-corrected chi connectivity index (χ1v) is 4.12. The molecule has 3 heteroatoms. The van der Waals surface area contributed by atoms with Gasteiger partial charge in [0.1, 0.15) is 5.82 Å². The van der Waals surface area contributed by atoms with E-state index in [2.05, 4.69) is 11.9 Å². The van der Waals surface area contributed by atoms with Crippen LogP contribution < -0.4 is 11.5 Å². The normalized spacial score (nSPS) is 12.9. The van der Waals surface area contributed by atoms with Crippen LogP contribution in [0.5, 0.6) is 0 Å². The molecule has 0 spiro atoms. The molecule has 0 saturated heterocycles. The lowest BCUT2D eigenvalue weighted by Crippen LogP contribution is -2.11. The zero-order chi connectivity index (χ0) is 9.14. The highest BCUT2D eigenvalue weighted by Crippen LogP contribution is 2.18. The first-order valence-electron chi connectivity index (χ1n) is 4.12. The topological polar surface area (TPSA) is 64.9 Å². The SMILES string of the molecule is CC[C@H](N)c1cnc(N)cc1C. The molecule has 0 aromatic carbocycles. The van der Waals surface area contributed by atoms with E-state index in [0.717, 1.165) is 17.5 Å². The highest BCUT2D eigenvalue weighted by molar-refractivity contribution is 5.37. The molecule has 0 radical (unpaired) electrons. The Balaban J connectivity index is 3.01. The molecular formula is C9H15N3. The third kappa shape index (κ3) is 1.74. The zero-order valence-corrected chi connectivity index (χ0v) is 7.54. The third-order valence-corrected chi connectivity index (χ3v) is 2.01. The summed E-state index contributed by atoms with van der Waals surface area (Å²) in [7, 11) is 0. The van der Waals surface area contributed by atoms with Crippen molar-refractivity contribution >= 4 is 5.82 Å². The largest absolute Gasteiger partial charge is 0.384 e. The number of nitrogens with two attached hydrogens (primary N) is 2. The van der Waals surface area contributed by atoms with E-state index >= 15 is 0 Å². The predicted molar refractivity (Wildman–Crippen MR) is 50.6 cm³/mol. The molecule has 0 saturated carbocycles. The molecule has 66 valence electrons. The minimum atomic E-state index is 0.0816. The molecule has 1 heterocycles. The van der Waals surface area contributed by atoms with Gasteiger partial charge in [-0.1, -0.05) is 6.92 Å².